The first kappa shape index (κ1) is 23.4. The summed E-state index contributed by atoms with van der Waals surface area (Å²) in [6.45, 7) is 0.328. The largest absolute Gasteiger partial charge is 0.477 e. The van der Waals surface area contributed by atoms with Crippen molar-refractivity contribution in [2.24, 2.45) is 5.16 Å². The number of hydrogen-bond donors (Lipinski definition) is 3. The molecule has 0 saturated carbocycles. The summed E-state index contributed by atoms with van der Waals surface area (Å²) < 4.78 is 1.83. The Kier molecular flexibility index (Phi) is 6.88. The van der Waals surface area contributed by atoms with Crippen LogP contribution in [0.25, 0.3) is 0 Å². The summed E-state index contributed by atoms with van der Waals surface area (Å²) in [7, 11) is 1.26. The minimum absolute atomic E-state index is 0.0644. The summed E-state index contributed by atoms with van der Waals surface area (Å²) in [5.41, 5.74) is 0.509. The molecule has 0 spiro atoms. The van der Waals surface area contributed by atoms with Crippen LogP contribution in [0.2, 0.25) is 0 Å². The number of aliphatic carboxylic acids is 1. The van der Waals surface area contributed by atoms with E-state index in [9.17, 15) is 24.3 Å². The standard InChI is InChI=1S/C20H18N6O6S2/c1-32-24-13(12-9-34-20(22-12)21-10-27)16(28)23-14-17(29)26-15(19(30)31)11(8-33-18(14)26)7-25-5-3-2-4-6-25/h2-6,9-10,14,18H,7-8H2,1H3,(H2-,21,22,23,27,28,30,31)/p+1/t14?,18-/m0/s1. The van der Waals surface area contributed by atoms with Crippen LogP contribution in [0.1, 0.15) is 5.69 Å². The highest BCUT2D eigenvalue weighted by Gasteiger charge is 2.54. The third kappa shape index (κ3) is 4.49. The van der Waals surface area contributed by atoms with Crippen molar-refractivity contribution >= 4 is 58.1 Å². The number of pyridine rings is 1. The molecule has 3 N–H and O–H groups in total. The van der Waals surface area contributed by atoms with Gasteiger partial charge in [-0.3, -0.25) is 19.3 Å². The number of amides is 3. The molecule has 4 heterocycles. The third-order valence-electron chi connectivity index (χ3n) is 5.01. The maximum absolute atomic E-state index is 12.9. The lowest BCUT2D eigenvalue weighted by Crippen LogP contribution is -2.71. The fraction of sp³-hybridized carbons (Fsp3) is 0.250. The van der Waals surface area contributed by atoms with Crippen molar-refractivity contribution in [2.75, 3.05) is 18.2 Å². The highest BCUT2D eigenvalue weighted by atomic mass is 32.2. The molecule has 176 valence electrons. The number of anilines is 1. The molecule has 1 fully saturated rings. The monoisotopic (exact) mass is 503 g/mol. The van der Waals surface area contributed by atoms with Gasteiger partial charge in [0.25, 0.3) is 11.8 Å². The summed E-state index contributed by atoms with van der Waals surface area (Å²) >= 11 is 2.45. The Hall–Kier alpha value is -3.78. The van der Waals surface area contributed by atoms with Gasteiger partial charge in [0.1, 0.15) is 29.9 Å². The molecule has 2 aliphatic heterocycles. The second-order valence-electron chi connectivity index (χ2n) is 7.09. The molecule has 0 aliphatic carbocycles. The molecule has 3 amide bonds. The number of β-lactam (4-membered cyclic amide) rings is 1. The number of carbonyl (C=O) groups excluding carboxylic acids is 3. The number of carbonyl (C=O) groups is 4. The van der Waals surface area contributed by atoms with Gasteiger partial charge in [0.2, 0.25) is 6.41 Å². The summed E-state index contributed by atoms with van der Waals surface area (Å²) in [5, 5.41) is 19.7. The Bertz CT molecular complexity index is 1200. The zero-order valence-electron chi connectivity index (χ0n) is 17.7. The predicted molar refractivity (Wildman–Crippen MR) is 122 cm³/mol. The lowest BCUT2D eigenvalue weighted by atomic mass is 10.0. The highest BCUT2D eigenvalue weighted by molar-refractivity contribution is 8.00. The van der Waals surface area contributed by atoms with Crippen molar-refractivity contribution in [3.63, 3.8) is 0 Å². The fourth-order valence-corrected chi connectivity index (χ4v) is 5.56. The molecule has 0 radical (unpaired) electrons. The summed E-state index contributed by atoms with van der Waals surface area (Å²) in [6.07, 6.45) is 4.08. The Labute approximate surface area is 201 Å². The minimum Gasteiger partial charge on any atom is -0.477 e. The number of rotatable bonds is 9. The number of thiazole rings is 1. The van der Waals surface area contributed by atoms with E-state index in [4.69, 9.17) is 4.84 Å². The van der Waals surface area contributed by atoms with E-state index in [2.05, 4.69) is 20.8 Å². The van der Waals surface area contributed by atoms with Crippen molar-refractivity contribution in [1.82, 2.24) is 15.2 Å². The Morgan fingerprint density at radius 1 is 1.38 bits per heavy atom. The van der Waals surface area contributed by atoms with Crippen LogP contribution in [-0.4, -0.2) is 69.2 Å². The van der Waals surface area contributed by atoms with Crippen LogP contribution in [-0.2, 0) is 30.6 Å². The SMILES string of the molecule is CON=C(C(=O)NC1C(=O)N2C(C(=O)O)=C(C[n+]3ccccc3)CS[C@@H]12)c1csc(NC=O)n1. The van der Waals surface area contributed by atoms with Crippen LogP contribution in [0.15, 0.2) is 52.4 Å². The van der Waals surface area contributed by atoms with Crippen molar-refractivity contribution in [1.29, 1.82) is 0 Å². The van der Waals surface area contributed by atoms with Crippen molar-refractivity contribution in [2.45, 2.75) is 18.0 Å². The predicted octanol–water partition coefficient (Wildman–Crippen LogP) is -0.212. The molecular formula is C20H19N6O6S2+. The second-order valence-corrected chi connectivity index (χ2v) is 9.05. The van der Waals surface area contributed by atoms with Gasteiger partial charge in [0, 0.05) is 28.8 Å². The number of aromatic nitrogens is 2. The van der Waals surface area contributed by atoms with Gasteiger partial charge >= 0.3 is 5.97 Å². The lowest BCUT2D eigenvalue weighted by molar-refractivity contribution is -0.689. The number of carboxylic acid groups (broad SMARTS) is 1. The first-order chi connectivity index (χ1) is 16.4. The zero-order valence-corrected chi connectivity index (χ0v) is 19.3. The van der Waals surface area contributed by atoms with E-state index in [-0.39, 0.29) is 22.2 Å². The van der Waals surface area contributed by atoms with E-state index >= 15 is 0 Å². The van der Waals surface area contributed by atoms with E-state index in [0.29, 0.717) is 24.3 Å². The van der Waals surface area contributed by atoms with E-state index < -0.39 is 29.2 Å². The number of oxime groups is 1. The number of nitrogens with one attached hydrogen (secondary N) is 2. The Morgan fingerprint density at radius 2 is 2.15 bits per heavy atom. The first-order valence-corrected chi connectivity index (χ1v) is 11.8. The van der Waals surface area contributed by atoms with Crippen LogP contribution >= 0.6 is 23.1 Å². The average Bonchev–Trinajstić information content (AvgIpc) is 3.29. The summed E-state index contributed by atoms with van der Waals surface area (Å²) in [4.78, 5) is 58.5. The number of carboxylic acids is 1. The third-order valence-corrected chi connectivity index (χ3v) is 7.13. The van der Waals surface area contributed by atoms with Gasteiger partial charge in [-0.05, 0) is 0 Å². The van der Waals surface area contributed by atoms with Crippen molar-refractivity contribution in [3.05, 3.63) is 52.9 Å². The molecule has 2 aliphatic rings. The van der Waals surface area contributed by atoms with Crippen molar-refractivity contribution in [3.8, 4) is 0 Å². The summed E-state index contributed by atoms with van der Waals surface area (Å²) in [6, 6.07) is 4.58. The Balaban J connectivity index is 1.52. The first-order valence-electron chi connectivity index (χ1n) is 9.86. The maximum Gasteiger partial charge on any atom is 0.352 e. The van der Waals surface area contributed by atoms with E-state index in [1.165, 1.54) is 29.2 Å². The maximum atomic E-state index is 12.9. The fourth-order valence-electron chi connectivity index (χ4n) is 3.57. The number of fused-ring (bicyclic) bond motifs is 1. The van der Waals surface area contributed by atoms with Gasteiger partial charge in [0.05, 0.1) is 0 Å². The number of nitrogens with zero attached hydrogens (tertiary/aromatic N) is 4. The van der Waals surface area contributed by atoms with Gasteiger partial charge in [0.15, 0.2) is 29.8 Å². The molecule has 2 atom stereocenters. The van der Waals surface area contributed by atoms with E-state index in [0.717, 1.165) is 11.3 Å². The van der Waals surface area contributed by atoms with Crippen LogP contribution in [0, 0.1) is 0 Å². The van der Waals surface area contributed by atoms with Crippen LogP contribution in [0.4, 0.5) is 5.13 Å². The molecule has 1 saturated heterocycles. The second kappa shape index (κ2) is 10.0. The number of hydrogen-bond acceptors (Lipinski definition) is 9. The molecule has 1 unspecified atom stereocenters. The highest BCUT2D eigenvalue weighted by Crippen LogP contribution is 2.40. The molecule has 14 heteroatoms. The number of thioether (sulfide) groups is 1. The molecule has 4 rings (SSSR count). The molecular weight excluding hydrogens is 484 g/mol. The van der Waals surface area contributed by atoms with Crippen LogP contribution < -0.4 is 15.2 Å². The molecule has 12 nitrogen and oxygen atoms in total. The van der Waals surface area contributed by atoms with Gasteiger partial charge in [-0.2, -0.15) is 0 Å². The molecule has 0 aromatic carbocycles. The Morgan fingerprint density at radius 3 is 2.82 bits per heavy atom. The normalized spacial score (nSPS) is 19.7. The molecule has 2 aromatic rings. The van der Waals surface area contributed by atoms with Gasteiger partial charge < -0.3 is 20.6 Å². The smallest absolute Gasteiger partial charge is 0.352 e. The minimum atomic E-state index is -1.20. The van der Waals surface area contributed by atoms with Crippen LogP contribution in [0.3, 0.4) is 0 Å². The van der Waals surface area contributed by atoms with E-state index in [1.54, 1.807) is 0 Å². The van der Waals surface area contributed by atoms with Crippen molar-refractivity contribution < 1.29 is 33.7 Å². The van der Waals surface area contributed by atoms with Gasteiger partial charge in [-0.1, -0.05) is 11.2 Å². The molecule has 34 heavy (non-hydrogen) atoms. The van der Waals surface area contributed by atoms with Gasteiger partial charge in [-0.25, -0.2) is 14.3 Å². The lowest BCUT2D eigenvalue weighted by Gasteiger charge is -2.49. The molecule has 0 bridgehead atoms. The van der Waals surface area contributed by atoms with E-state index in [1.807, 2.05) is 35.2 Å². The molecule has 2 aromatic heterocycles. The zero-order chi connectivity index (χ0) is 24.2. The van der Waals surface area contributed by atoms with Gasteiger partial charge in [-0.15, -0.1) is 23.1 Å². The quantitative estimate of drug-likeness (QED) is 0.140. The van der Waals surface area contributed by atoms with Crippen LogP contribution in [0.5, 0.6) is 0 Å². The summed E-state index contributed by atoms with van der Waals surface area (Å²) in [5.74, 6) is -2.06. The average molecular weight is 504 g/mol. The topological polar surface area (TPSA) is 154 Å².